The van der Waals surface area contributed by atoms with Gasteiger partial charge < -0.3 is 20.5 Å². The molecule has 0 aliphatic rings. The number of benzene rings is 2. The third-order valence-electron chi connectivity index (χ3n) is 3.60. The van der Waals surface area contributed by atoms with Gasteiger partial charge in [0, 0.05) is 11.8 Å². The van der Waals surface area contributed by atoms with Crippen LogP contribution in [0.15, 0.2) is 53.0 Å². The molecule has 2 amide bonds. The van der Waals surface area contributed by atoms with E-state index >= 15 is 0 Å². The maximum atomic E-state index is 12.5. The highest BCUT2D eigenvalue weighted by molar-refractivity contribution is 9.10. The minimum atomic E-state index is -1.23. The lowest BCUT2D eigenvalue weighted by Gasteiger charge is -2.17. The van der Waals surface area contributed by atoms with Crippen molar-refractivity contribution in [2.45, 2.75) is 18.9 Å². The first kappa shape index (κ1) is 18.8. The van der Waals surface area contributed by atoms with Crippen LogP contribution in [0.25, 0.3) is 0 Å². The van der Waals surface area contributed by atoms with E-state index in [-0.39, 0.29) is 0 Å². The molecule has 2 aromatic rings. The zero-order valence-corrected chi connectivity index (χ0v) is 15.2. The highest BCUT2D eigenvalue weighted by atomic mass is 79.9. The van der Waals surface area contributed by atoms with E-state index in [1.807, 2.05) is 30.3 Å². The van der Waals surface area contributed by atoms with E-state index in [1.54, 1.807) is 18.2 Å². The minimum Gasteiger partial charge on any atom is -0.495 e. The number of methoxy groups -OCH3 is 1. The third-order valence-corrected chi connectivity index (χ3v) is 4.25. The number of ether oxygens (including phenoxy) is 1. The largest absolute Gasteiger partial charge is 0.495 e. The Bertz CT molecular complexity index is 737. The van der Waals surface area contributed by atoms with Crippen molar-refractivity contribution < 1.29 is 19.4 Å². The van der Waals surface area contributed by atoms with Gasteiger partial charge in [-0.15, -0.1) is 0 Å². The standard InChI is InChI=1S/C18H19BrN2O4/c1-25-16-11-13(8-9-14(16)19)20-17(22)15(21-18(23)24)10-7-12-5-3-2-4-6-12/h2-6,8-9,11,15,21H,7,10H2,1H3,(H,20,22)(H,23,24). The predicted molar refractivity (Wildman–Crippen MR) is 99.0 cm³/mol. The average Bonchev–Trinajstić information content (AvgIpc) is 2.60. The van der Waals surface area contributed by atoms with Crippen LogP contribution in [0.2, 0.25) is 0 Å². The fourth-order valence-corrected chi connectivity index (χ4v) is 2.75. The average molecular weight is 407 g/mol. The number of hydrogen-bond donors (Lipinski definition) is 3. The Morgan fingerprint density at radius 1 is 1.20 bits per heavy atom. The molecule has 0 heterocycles. The summed E-state index contributed by atoms with van der Waals surface area (Å²) in [4.78, 5) is 23.5. The maximum absolute atomic E-state index is 12.5. The molecule has 0 radical (unpaired) electrons. The molecule has 132 valence electrons. The molecule has 1 unspecified atom stereocenters. The van der Waals surface area contributed by atoms with Crippen LogP contribution in [0.4, 0.5) is 10.5 Å². The van der Waals surface area contributed by atoms with Gasteiger partial charge in [0.2, 0.25) is 5.91 Å². The number of carbonyl (C=O) groups is 2. The van der Waals surface area contributed by atoms with E-state index in [0.717, 1.165) is 10.0 Å². The zero-order chi connectivity index (χ0) is 18.2. The normalized spacial score (nSPS) is 11.4. The molecule has 0 aromatic heterocycles. The van der Waals surface area contributed by atoms with Crippen molar-refractivity contribution in [3.8, 4) is 5.75 Å². The number of amides is 2. The summed E-state index contributed by atoms with van der Waals surface area (Å²) in [6, 6.07) is 13.9. The van der Waals surface area contributed by atoms with Crippen molar-refractivity contribution in [2.24, 2.45) is 0 Å². The van der Waals surface area contributed by atoms with Crippen molar-refractivity contribution in [3.63, 3.8) is 0 Å². The summed E-state index contributed by atoms with van der Waals surface area (Å²) in [5, 5.41) is 14.0. The van der Waals surface area contributed by atoms with E-state index in [2.05, 4.69) is 26.6 Å². The summed E-state index contributed by atoms with van der Waals surface area (Å²) in [5.74, 6) is 0.160. The number of anilines is 1. The smallest absolute Gasteiger partial charge is 0.405 e. The molecule has 2 rings (SSSR count). The monoisotopic (exact) mass is 406 g/mol. The van der Waals surface area contributed by atoms with Gasteiger partial charge in [-0.25, -0.2) is 4.79 Å². The molecule has 0 aliphatic heterocycles. The predicted octanol–water partition coefficient (Wildman–Crippen LogP) is 3.67. The summed E-state index contributed by atoms with van der Waals surface area (Å²) >= 11 is 3.34. The number of carbonyl (C=O) groups excluding carboxylic acids is 1. The quantitative estimate of drug-likeness (QED) is 0.654. The molecule has 2 aromatic carbocycles. The summed E-state index contributed by atoms with van der Waals surface area (Å²) in [6.07, 6.45) is -0.292. The van der Waals surface area contributed by atoms with Crippen molar-refractivity contribution in [2.75, 3.05) is 12.4 Å². The van der Waals surface area contributed by atoms with E-state index < -0.39 is 18.0 Å². The Morgan fingerprint density at radius 2 is 1.92 bits per heavy atom. The Labute approximate surface area is 154 Å². The van der Waals surface area contributed by atoms with Gasteiger partial charge in [-0.05, 0) is 46.5 Å². The molecule has 25 heavy (non-hydrogen) atoms. The Morgan fingerprint density at radius 3 is 2.56 bits per heavy atom. The fourth-order valence-electron chi connectivity index (χ4n) is 2.34. The molecule has 3 N–H and O–H groups in total. The van der Waals surface area contributed by atoms with Gasteiger partial charge in [-0.1, -0.05) is 30.3 Å². The Balaban J connectivity index is 2.05. The van der Waals surface area contributed by atoms with E-state index in [9.17, 15) is 9.59 Å². The lowest BCUT2D eigenvalue weighted by molar-refractivity contribution is -0.118. The minimum absolute atomic E-state index is 0.357. The molecule has 0 bridgehead atoms. The summed E-state index contributed by atoms with van der Waals surface area (Å²) in [7, 11) is 1.53. The lowest BCUT2D eigenvalue weighted by Crippen LogP contribution is -2.43. The van der Waals surface area contributed by atoms with Crippen LogP contribution in [-0.4, -0.2) is 30.3 Å². The Hall–Kier alpha value is -2.54. The van der Waals surface area contributed by atoms with Crippen LogP contribution >= 0.6 is 15.9 Å². The molecule has 0 saturated carbocycles. The third kappa shape index (κ3) is 5.79. The van der Waals surface area contributed by atoms with E-state index in [4.69, 9.17) is 9.84 Å². The number of hydrogen-bond acceptors (Lipinski definition) is 3. The maximum Gasteiger partial charge on any atom is 0.405 e. The number of carboxylic acid groups (broad SMARTS) is 1. The van der Waals surface area contributed by atoms with E-state index in [1.165, 1.54) is 7.11 Å². The number of rotatable bonds is 7. The molecule has 0 spiro atoms. The summed E-state index contributed by atoms with van der Waals surface area (Å²) in [5.41, 5.74) is 1.57. The van der Waals surface area contributed by atoms with Crippen LogP contribution in [-0.2, 0) is 11.2 Å². The number of aryl methyl sites for hydroxylation is 1. The second-order valence-corrected chi connectivity index (χ2v) is 6.22. The van der Waals surface area contributed by atoms with Crippen LogP contribution in [0.1, 0.15) is 12.0 Å². The van der Waals surface area contributed by atoms with Crippen molar-refractivity contribution in [3.05, 3.63) is 58.6 Å². The molecule has 0 fully saturated rings. The topological polar surface area (TPSA) is 87.7 Å². The van der Waals surface area contributed by atoms with Crippen LogP contribution in [0.3, 0.4) is 0 Å². The van der Waals surface area contributed by atoms with Gasteiger partial charge in [-0.3, -0.25) is 4.79 Å². The number of halogens is 1. The van der Waals surface area contributed by atoms with Crippen molar-refractivity contribution >= 4 is 33.6 Å². The lowest BCUT2D eigenvalue weighted by atomic mass is 10.0. The first-order valence-corrected chi connectivity index (χ1v) is 8.46. The Kier molecular flexibility index (Phi) is 6.82. The summed E-state index contributed by atoms with van der Waals surface area (Å²) in [6.45, 7) is 0. The van der Waals surface area contributed by atoms with E-state index in [0.29, 0.717) is 24.3 Å². The molecule has 1 atom stereocenters. The number of nitrogens with one attached hydrogen (secondary N) is 2. The van der Waals surface area contributed by atoms with Gasteiger partial charge in [-0.2, -0.15) is 0 Å². The zero-order valence-electron chi connectivity index (χ0n) is 13.7. The van der Waals surface area contributed by atoms with Crippen LogP contribution < -0.4 is 15.4 Å². The molecular formula is C18H19BrN2O4. The molecule has 0 aliphatic carbocycles. The van der Waals surface area contributed by atoms with Gasteiger partial charge >= 0.3 is 6.09 Å². The van der Waals surface area contributed by atoms with Gasteiger partial charge in [0.05, 0.1) is 11.6 Å². The van der Waals surface area contributed by atoms with Crippen molar-refractivity contribution in [1.82, 2.24) is 5.32 Å². The van der Waals surface area contributed by atoms with Crippen LogP contribution in [0.5, 0.6) is 5.75 Å². The summed E-state index contributed by atoms with van der Waals surface area (Å²) < 4.78 is 5.95. The highest BCUT2D eigenvalue weighted by Crippen LogP contribution is 2.27. The van der Waals surface area contributed by atoms with Gasteiger partial charge in [0.25, 0.3) is 0 Å². The fraction of sp³-hybridized carbons (Fsp3) is 0.222. The second-order valence-electron chi connectivity index (χ2n) is 5.36. The van der Waals surface area contributed by atoms with Gasteiger partial charge in [0.1, 0.15) is 11.8 Å². The second kappa shape index (κ2) is 9.08. The molecular weight excluding hydrogens is 388 g/mol. The highest BCUT2D eigenvalue weighted by Gasteiger charge is 2.21. The SMILES string of the molecule is COc1cc(NC(=O)C(CCc2ccccc2)NC(=O)O)ccc1Br. The molecule has 0 saturated heterocycles. The van der Waals surface area contributed by atoms with Crippen LogP contribution in [0, 0.1) is 0 Å². The first-order chi connectivity index (χ1) is 12.0. The molecule has 7 heteroatoms. The van der Waals surface area contributed by atoms with Gasteiger partial charge in [0.15, 0.2) is 0 Å². The molecule has 6 nitrogen and oxygen atoms in total. The first-order valence-electron chi connectivity index (χ1n) is 7.67. The van der Waals surface area contributed by atoms with Crippen molar-refractivity contribution in [1.29, 1.82) is 0 Å².